The normalized spacial score (nSPS) is 22.3. The maximum absolute atomic E-state index is 12.5. The second-order valence-corrected chi connectivity index (χ2v) is 6.50. The number of aromatic nitrogens is 3. The van der Waals surface area contributed by atoms with E-state index in [9.17, 15) is 8.42 Å². The van der Waals surface area contributed by atoms with Gasteiger partial charge >= 0.3 is 0 Å². The van der Waals surface area contributed by atoms with E-state index in [1.165, 1.54) is 16.0 Å². The number of halogens is 1. The first-order chi connectivity index (χ1) is 8.46. The molecular weight excluding hydrogens is 326 g/mol. The molecular formula is C8H14BrN5O3S. The predicted molar refractivity (Wildman–Crippen MR) is 66.3 cm³/mol. The molecule has 1 aromatic heterocycles. The van der Waals surface area contributed by atoms with Crippen molar-refractivity contribution in [3.63, 3.8) is 0 Å². The van der Waals surface area contributed by atoms with Crippen molar-refractivity contribution < 1.29 is 13.2 Å². The number of hydrogen-bond acceptors (Lipinski definition) is 6. The summed E-state index contributed by atoms with van der Waals surface area (Å²) < 4.78 is 33.0. The van der Waals surface area contributed by atoms with Crippen molar-refractivity contribution in [1.29, 1.82) is 0 Å². The van der Waals surface area contributed by atoms with Crippen LogP contribution in [0.5, 0.6) is 0 Å². The summed E-state index contributed by atoms with van der Waals surface area (Å²) >= 11 is 3.10. The summed E-state index contributed by atoms with van der Waals surface area (Å²) in [6, 6.07) is 0. The van der Waals surface area contributed by atoms with Crippen LogP contribution in [0.3, 0.4) is 0 Å². The van der Waals surface area contributed by atoms with Crippen LogP contribution in [-0.4, -0.2) is 60.1 Å². The molecule has 1 unspecified atom stereocenters. The summed E-state index contributed by atoms with van der Waals surface area (Å²) in [5.41, 5.74) is 5.50. The van der Waals surface area contributed by atoms with Crippen LogP contribution in [0.25, 0.3) is 0 Å². The minimum absolute atomic E-state index is 0.0418. The molecule has 1 aliphatic rings. The third kappa shape index (κ3) is 2.43. The van der Waals surface area contributed by atoms with Gasteiger partial charge in [0, 0.05) is 26.7 Å². The molecule has 1 aromatic rings. The van der Waals surface area contributed by atoms with Gasteiger partial charge in [-0.25, -0.2) is 13.1 Å². The van der Waals surface area contributed by atoms with Crippen molar-refractivity contribution in [1.82, 2.24) is 19.3 Å². The Bertz CT molecular complexity index is 511. The van der Waals surface area contributed by atoms with Gasteiger partial charge in [-0.1, -0.05) is 5.21 Å². The molecule has 0 aliphatic carbocycles. The summed E-state index contributed by atoms with van der Waals surface area (Å²) in [4.78, 5) is 0. The first kappa shape index (κ1) is 13.9. The molecule has 0 radical (unpaired) electrons. The molecule has 0 aromatic carbocycles. The Morgan fingerprint density at radius 1 is 1.61 bits per heavy atom. The SMILES string of the molecule is Cn1nnc(Br)c1S(=O)(=O)N1CCOC(CN)C1. The first-order valence-electron chi connectivity index (χ1n) is 5.34. The van der Waals surface area contributed by atoms with Gasteiger partial charge in [-0.3, -0.25) is 0 Å². The number of nitrogens with zero attached hydrogens (tertiary/aromatic N) is 4. The Hall–Kier alpha value is -0.550. The zero-order chi connectivity index (χ0) is 13.3. The molecule has 0 spiro atoms. The van der Waals surface area contributed by atoms with Crippen LogP contribution >= 0.6 is 15.9 Å². The van der Waals surface area contributed by atoms with E-state index in [-0.39, 0.29) is 28.8 Å². The Balaban J connectivity index is 2.31. The van der Waals surface area contributed by atoms with Crippen molar-refractivity contribution in [3.05, 3.63) is 4.60 Å². The Morgan fingerprint density at radius 2 is 2.33 bits per heavy atom. The van der Waals surface area contributed by atoms with E-state index in [0.717, 1.165) is 0 Å². The highest BCUT2D eigenvalue weighted by molar-refractivity contribution is 9.10. The molecule has 102 valence electrons. The summed E-state index contributed by atoms with van der Waals surface area (Å²) in [6.45, 7) is 1.17. The van der Waals surface area contributed by atoms with E-state index in [1.54, 1.807) is 0 Å². The summed E-state index contributed by atoms with van der Waals surface area (Å²) in [7, 11) is -2.10. The smallest absolute Gasteiger partial charge is 0.263 e. The number of ether oxygens (including phenoxy) is 1. The predicted octanol–water partition coefficient (Wildman–Crippen LogP) is -1.07. The first-order valence-corrected chi connectivity index (χ1v) is 7.57. The van der Waals surface area contributed by atoms with Crippen LogP contribution in [0.1, 0.15) is 0 Å². The second-order valence-electron chi connectivity index (χ2n) is 3.90. The summed E-state index contributed by atoms with van der Waals surface area (Å²) in [5.74, 6) is 0. The largest absolute Gasteiger partial charge is 0.374 e. The van der Waals surface area contributed by atoms with E-state index >= 15 is 0 Å². The van der Waals surface area contributed by atoms with Gasteiger partial charge in [-0.15, -0.1) is 5.10 Å². The summed E-state index contributed by atoms with van der Waals surface area (Å²) in [5, 5.41) is 7.40. The highest BCUT2D eigenvalue weighted by Gasteiger charge is 2.34. The van der Waals surface area contributed by atoms with Gasteiger partial charge in [0.1, 0.15) is 0 Å². The highest BCUT2D eigenvalue weighted by atomic mass is 79.9. The average Bonchev–Trinajstić information content (AvgIpc) is 2.69. The van der Waals surface area contributed by atoms with Gasteiger partial charge in [-0.2, -0.15) is 4.31 Å². The van der Waals surface area contributed by atoms with E-state index in [1.807, 2.05) is 0 Å². The maximum atomic E-state index is 12.5. The van der Waals surface area contributed by atoms with Crippen molar-refractivity contribution in [2.45, 2.75) is 11.1 Å². The zero-order valence-corrected chi connectivity index (χ0v) is 12.2. The lowest BCUT2D eigenvalue weighted by Crippen LogP contribution is -2.48. The fourth-order valence-corrected chi connectivity index (χ4v) is 4.26. The van der Waals surface area contributed by atoms with Crippen LogP contribution in [0.15, 0.2) is 9.63 Å². The van der Waals surface area contributed by atoms with Crippen LogP contribution in [0, 0.1) is 0 Å². The zero-order valence-electron chi connectivity index (χ0n) is 9.78. The monoisotopic (exact) mass is 339 g/mol. The molecule has 2 rings (SSSR count). The van der Waals surface area contributed by atoms with Gasteiger partial charge in [0.05, 0.1) is 12.7 Å². The molecule has 1 saturated heterocycles. The third-order valence-electron chi connectivity index (χ3n) is 2.69. The fourth-order valence-electron chi connectivity index (χ4n) is 1.77. The van der Waals surface area contributed by atoms with Crippen LogP contribution < -0.4 is 5.73 Å². The lowest BCUT2D eigenvalue weighted by atomic mass is 10.3. The van der Waals surface area contributed by atoms with Gasteiger partial charge in [0.15, 0.2) is 4.60 Å². The van der Waals surface area contributed by atoms with Crippen LogP contribution in [-0.2, 0) is 21.8 Å². The molecule has 8 nitrogen and oxygen atoms in total. The minimum Gasteiger partial charge on any atom is -0.374 e. The number of aryl methyl sites for hydroxylation is 1. The topological polar surface area (TPSA) is 103 Å². The standard InChI is InChI=1S/C8H14BrN5O3S/c1-13-8(7(9)11-12-13)18(15,16)14-2-3-17-6(4-10)5-14/h6H,2-5,10H2,1H3. The van der Waals surface area contributed by atoms with Gasteiger partial charge in [0.2, 0.25) is 5.03 Å². The average molecular weight is 340 g/mol. The van der Waals surface area contributed by atoms with Crippen molar-refractivity contribution in [3.8, 4) is 0 Å². The lowest BCUT2D eigenvalue weighted by molar-refractivity contribution is 0.00436. The van der Waals surface area contributed by atoms with Crippen molar-refractivity contribution in [2.24, 2.45) is 12.8 Å². The maximum Gasteiger partial charge on any atom is 0.263 e. The number of morpholine rings is 1. The van der Waals surface area contributed by atoms with Crippen LogP contribution in [0.2, 0.25) is 0 Å². The van der Waals surface area contributed by atoms with Crippen molar-refractivity contribution in [2.75, 3.05) is 26.2 Å². The molecule has 2 heterocycles. The molecule has 1 atom stereocenters. The third-order valence-corrected chi connectivity index (χ3v) is 5.44. The fraction of sp³-hybridized carbons (Fsp3) is 0.750. The molecule has 0 saturated carbocycles. The highest BCUT2D eigenvalue weighted by Crippen LogP contribution is 2.23. The van der Waals surface area contributed by atoms with E-state index in [0.29, 0.717) is 13.2 Å². The van der Waals surface area contributed by atoms with Crippen molar-refractivity contribution >= 4 is 26.0 Å². The molecule has 0 amide bonds. The molecule has 0 bridgehead atoms. The number of rotatable bonds is 3. The molecule has 10 heteroatoms. The quantitative estimate of drug-likeness (QED) is 0.751. The van der Waals surface area contributed by atoms with E-state index < -0.39 is 10.0 Å². The Labute approximate surface area is 113 Å². The van der Waals surface area contributed by atoms with Gasteiger partial charge in [0.25, 0.3) is 10.0 Å². The van der Waals surface area contributed by atoms with E-state index in [4.69, 9.17) is 10.5 Å². The van der Waals surface area contributed by atoms with E-state index in [2.05, 4.69) is 26.2 Å². The van der Waals surface area contributed by atoms with Gasteiger partial charge in [-0.05, 0) is 15.9 Å². The van der Waals surface area contributed by atoms with Gasteiger partial charge < -0.3 is 10.5 Å². The Kier molecular flexibility index (Phi) is 4.02. The second kappa shape index (κ2) is 5.21. The number of hydrogen-bond donors (Lipinski definition) is 1. The Morgan fingerprint density at radius 3 is 2.89 bits per heavy atom. The number of sulfonamides is 1. The minimum atomic E-state index is -3.63. The summed E-state index contributed by atoms with van der Waals surface area (Å²) in [6.07, 6.45) is -0.270. The molecule has 1 aliphatic heterocycles. The molecule has 1 fully saturated rings. The number of nitrogens with two attached hydrogens (primary N) is 1. The molecule has 18 heavy (non-hydrogen) atoms. The van der Waals surface area contributed by atoms with Crippen LogP contribution in [0.4, 0.5) is 0 Å². The molecule has 2 N–H and O–H groups in total. The lowest BCUT2D eigenvalue weighted by Gasteiger charge is -2.31.